The van der Waals surface area contributed by atoms with Crippen LogP contribution >= 0.6 is 0 Å². The highest BCUT2D eigenvalue weighted by Crippen LogP contribution is 2.13. The molecule has 5 nitrogen and oxygen atoms in total. The maximum absolute atomic E-state index is 10.7. The van der Waals surface area contributed by atoms with Gasteiger partial charge in [0, 0.05) is 12.1 Å². The Hall–Kier alpha value is -1.88. The first-order valence-electron chi connectivity index (χ1n) is 5.59. The molecule has 0 radical (unpaired) electrons. The van der Waals surface area contributed by atoms with Crippen molar-refractivity contribution in [3.8, 4) is 11.4 Å². The van der Waals surface area contributed by atoms with Gasteiger partial charge in [-0.2, -0.15) is 0 Å². The summed E-state index contributed by atoms with van der Waals surface area (Å²) in [4.78, 5) is 13.2. The summed E-state index contributed by atoms with van der Waals surface area (Å²) in [6.07, 6.45) is 0. The third-order valence-corrected chi connectivity index (χ3v) is 2.05. The maximum Gasteiger partial charge on any atom is 0.439 e. The Bertz CT molecular complexity index is 485. The fraction of sp³-hybridized carbons (Fsp3) is 0.333. The van der Waals surface area contributed by atoms with Gasteiger partial charge in [-0.3, -0.25) is 9.51 Å². The first kappa shape index (κ1) is 13.2. The van der Waals surface area contributed by atoms with Crippen molar-refractivity contribution in [1.29, 1.82) is 0 Å². The lowest BCUT2D eigenvalue weighted by Crippen LogP contribution is -2.04. The summed E-state index contributed by atoms with van der Waals surface area (Å²) in [5, 5.41) is 6.66. The minimum atomic E-state index is -0.538. The molecule has 0 aliphatic carbocycles. The van der Waals surface area contributed by atoms with E-state index in [2.05, 4.69) is 20.0 Å². The SMILES string of the molecule is CC.CNCc1ccc(-c2noc(=O)[nH]2)cc1. The van der Waals surface area contributed by atoms with Gasteiger partial charge in [-0.05, 0) is 12.6 Å². The first-order valence-corrected chi connectivity index (χ1v) is 5.59. The van der Waals surface area contributed by atoms with Crippen molar-refractivity contribution in [2.24, 2.45) is 0 Å². The predicted molar refractivity (Wildman–Crippen MR) is 66.7 cm³/mol. The van der Waals surface area contributed by atoms with Crippen LogP contribution in [-0.4, -0.2) is 17.2 Å². The summed E-state index contributed by atoms with van der Waals surface area (Å²) in [5.41, 5.74) is 2.01. The van der Waals surface area contributed by atoms with E-state index in [1.165, 1.54) is 5.56 Å². The number of hydrogen-bond acceptors (Lipinski definition) is 4. The van der Waals surface area contributed by atoms with E-state index in [0.29, 0.717) is 5.82 Å². The van der Waals surface area contributed by atoms with Gasteiger partial charge in [-0.25, -0.2) is 4.79 Å². The number of nitrogens with zero attached hydrogens (tertiary/aromatic N) is 1. The van der Waals surface area contributed by atoms with Crippen molar-refractivity contribution < 1.29 is 4.52 Å². The number of H-pyrrole nitrogens is 1. The second-order valence-corrected chi connectivity index (χ2v) is 3.17. The molecule has 0 unspecified atom stereocenters. The van der Waals surface area contributed by atoms with Gasteiger partial charge < -0.3 is 5.32 Å². The van der Waals surface area contributed by atoms with E-state index in [1.54, 1.807) is 0 Å². The molecule has 0 aliphatic rings. The quantitative estimate of drug-likeness (QED) is 0.850. The number of hydrogen-bond donors (Lipinski definition) is 2. The van der Waals surface area contributed by atoms with Crippen LogP contribution in [0.25, 0.3) is 11.4 Å². The Morgan fingerprint density at radius 1 is 1.29 bits per heavy atom. The van der Waals surface area contributed by atoms with Crippen LogP contribution < -0.4 is 11.1 Å². The number of aromatic nitrogens is 2. The Morgan fingerprint density at radius 3 is 2.41 bits per heavy atom. The van der Waals surface area contributed by atoms with Crippen LogP contribution in [0.1, 0.15) is 19.4 Å². The molecule has 92 valence electrons. The number of nitrogens with one attached hydrogen (secondary N) is 2. The Kier molecular flexibility index (Phi) is 5.16. The summed E-state index contributed by atoms with van der Waals surface area (Å²) in [5.74, 6) is -0.0830. The van der Waals surface area contributed by atoms with E-state index in [4.69, 9.17) is 0 Å². The van der Waals surface area contributed by atoms with Gasteiger partial charge in [-0.15, -0.1) is 0 Å². The van der Waals surface area contributed by atoms with Crippen LogP contribution in [0.3, 0.4) is 0 Å². The van der Waals surface area contributed by atoms with Crippen LogP contribution in [0, 0.1) is 0 Å². The molecule has 0 bridgehead atoms. The van der Waals surface area contributed by atoms with Gasteiger partial charge in [-0.1, -0.05) is 43.3 Å². The molecule has 0 amide bonds. The largest absolute Gasteiger partial charge is 0.439 e. The Morgan fingerprint density at radius 2 is 1.94 bits per heavy atom. The van der Waals surface area contributed by atoms with Crippen LogP contribution in [0.15, 0.2) is 33.6 Å². The van der Waals surface area contributed by atoms with E-state index in [9.17, 15) is 4.79 Å². The molecular weight excluding hydrogens is 218 g/mol. The van der Waals surface area contributed by atoms with E-state index in [0.717, 1.165) is 12.1 Å². The van der Waals surface area contributed by atoms with Crippen LogP contribution in [0.4, 0.5) is 0 Å². The smallest absolute Gasteiger partial charge is 0.316 e. The lowest BCUT2D eigenvalue weighted by molar-refractivity contribution is 0.388. The molecule has 1 aromatic heterocycles. The van der Waals surface area contributed by atoms with Crippen LogP contribution in [0.2, 0.25) is 0 Å². The fourth-order valence-corrected chi connectivity index (χ4v) is 1.34. The van der Waals surface area contributed by atoms with E-state index in [-0.39, 0.29) is 0 Å². The van der Waals surface area contributed by atoms with Gasteiger partial charge in [0.15, 0.2) is 5.82 Å². The lowest BCUT2D eigenvalue weighted by atomic mass is 10.1. The van der Waals surface area contributed by atoms with Crippen molar-refractivity contribution in [2.75, 3.05) is 7.05 Å². The molecule has 0 atom stereocenters. The zero-order valence-corrected chi connectivity index (χ0v) is 10.3. The number of benzene rings is 1. The summed E-state index contributed by atoms with van der Waals surface area (Å²) in [6, 6.07) is 7.72. The molecule has 1 heterocycles. The zero-order valence-electron chi connectivity index (χ0n) is 10.3. The van der Waals surface area contributed by atoms with Crippen molar-refractivity contribution in [3.05, 3.63) is 40.4 Å². The van der Waals surface area contributed by atoms with Crippen molar-refractivity contribution >= 4 is 0 Å². The Labute approximate surface area is 99.9 Å². The van der Waals surface area contributed by atoms with Crippen molar-refractivity contribution in [1.82, 2.24) is 15.5 Å². The topological polar surface area (TPSA) is 70.9 Å². The van der Waals surface area contributed by atoms with E-state index >= 15 is 0 Å². The van der Waals surface area contributed by atoms with Crippen molar-refractivity contribution in [2.45, 2.75) is 20.4 Å². The highest BCUT2D eigenvalue weighted by molar-refractivity contribution is 5.54. The van der Waals surface area contributed by atoms with Gasteiger partial charge >= 0.3 is 5.76 Å². The summed E-state index contributed by atoms with van der Waals surface area (Å²) >= 11 is 0. The van der Waals surface area contributed by atoms with Gasteiger partial charge in [0.25, 0.3) is 0 Å². The minimum absolute atomic E-state index is 0.455. The highest BCUT2D eigenvalue weighted by atomic mass is 16.5. The van der Waals surface area contributed by atoms with E-state index in [1.807, 2.05) is 45.2 Å². The zero-order chi connectivity index (χ0) is 12.7. The fourth-order valence-electron chi connectivity index (χ4n) is 1.34. The number of rotatable bonds is 3. The van der Waals surface area contributed by atoms with Gasteiger partial charge in [0.1, 0.15) is 0 Å². The molecule has 0 aliphatic heterocycles. The molecule has 2 N–H and O–H groups in total. The maximum atomic E-state index is 10.7. The molecule has 0 spiro atoms. The number of aromatic amines is 1. The molecule has 0 fully saturated rings. The molecule has 1 aromatic carbocycles. The third kappa shape index (κ3) is 3.57. The second kappa shape index (κ2) is 6.65. The second-order valence-electron chi connectivity index (χ2n) is 3.17. The average Bonchev–Trinajstić information content (AvgIpc) is 2.80. The normalized spacial score (nSPS) is 9.59. The van der Waals surface area contributed by atoms with Crippen LogP contribution in [0.5, 0.6) is 0 Å². The van der Waals surface area contributed by atoms with Crippen molar-refractivity contribution in [3.63, 3.8) is 0 Å². The average molecular weight is 235 g/mol. The van der Waals surface area contributed by atoms with Gasteiger partial charge in [0.2, 0.25) is 0 Å². The Balaban J connectivity index is 0.000000686. The van der Waals surface area contributed by atoms with E-state index < -0.39 is 5.76 Å². The molecule has 17 heavy (non-hydrogen) atoms. The standard InChI is InChI=1S/C10H11N3O2.C2H6/c1-11-6-7-2-4-8(5-3-7)9-12-10(14)15-13-9;1-2/h2-5,11H,6H2,1H3,(H,12,13,14);1-2H3. The summed E-state index contributed by atoms with van der Waals surface area (Å²) < 4.78 is 4.42. The summed E-state index contributed by atoms with van der Waals surface area (Å²) in [6.45, 7) is 4.82. The van der Waals surface area contributed by atoms with Gasteiger partial charge in [0.05, 0.1) is 0 Å². The lowest BCUT2D eigenvalue weighted by Gasteiger charge is -2.00. The van der Waals surface area contributed by atoms with Crippen LogP contribution in [-0.2, 0) is 6.54 Å². The monoisotopic (exact) mass is 235 g/mol. The highest BCUT2D eigenvalue weighted by Gasteiger charge is 2.03. The molecule has 5 heteroatoms. The third-order valence-electron chi connectivity index (χ3n) is 2.05. The summed E-state index contributed by atoms with van der Waals surface area (Å²) in [7, 11) is 1.89. The molecule has 0 saturated carbocycles. The molecule has 0 saturated heterocycles. The molecule has 2 aromatic rings. The molecule has 2 rings (SSSR count). The molecular formula is C12H17N3O2. The predicted octanol–water partition coefficient (Wildman–Crippen LogP) is 1.78. The first-order chi connectivity index (χ1) is 8.29. The minimum Gasteiger partial charge on any atom is -0.316 e.